The summed E-state index contributed by atoms with van der Waals surface area (Å²) in [5, 5.41) is 3.06. The molecule has 0 aliphatic carbocycles. The molecule has 1 aromatic heterocycles. The molecular weight excluding hydrogens is 454 g/mol. The zero-order valence-corrected chi connectivity index (χ0v) is 21.0. The first kappa shape index (κ1) is 26.1. The van der Waals surface area contributed by atoms with E-state index in [0.717, 1.165) is 36.3 Å². The van der Waals surface area contributed by atoms with Crippen LogP contribution in [-0.2, 0) is 21.4 Å². The molecule has 1 aliphatic heterocycles. The summed E-state index contributed by atoms with van der Waals surface area (Å²) in [6.07, 6.45) is 1.26. The van der Waals surface area contributed by atoms with Gasteiger partial charge in [0.05, 0.1) is 10.9 Å². The molecule has 1 fully saturated rings. The van der Waals surface area contributed by atoms with E-state index in [1.54, 1.807) is 13.8 Å². The summed E-state index contributed by atoms with van der Waals surface area (Å²) < 4.78 is 28.2. The van der Waals surface area contributed by atoms with E-state index in [4.69, 9.17) is 0 Å². The van der Waals surface area contributed by atoms with Crippen LogP contribution in [0.2, 0.25) is 0 Å². The van der Waals surface area contributed by atoms with Crippen molar-refractivity contribution in [3.63, 3.8) is 0 Å². The lowest BCUT2D eigenvalue weighted by atomic mass is 10.1. The lowest BCUT2D eigenvalue weighted by molar-refractivity contribution is -0.122. The molecule has 9 nitrogen and oxygen atoms in total. The highest BCUT2D eigenvalue weighted by Crippen LogP contribution is 2.16. The zero-order valence-electron chi connectivity index (χ0n) is 20.2. The summed E-state index contributed by atoms with van der Waals surface area (Å²) in [4.78, 5) is 30.0. The number of pyridine rings is 1. The van der Waals surface area contributed by atoms with Crippen LogP contribution in [0.25, 0.3) is 0 Å². The summed E-state index contributed by atoms with van der Waals surface area (Å²) in [5.74, 6) is -0.345. The molecule has 3 rings (SSSR count). The van der Waals surface area contributed by atoms with Gasteiger partial charge in [0.2, 0.25) is 15.9 Å². The van der Waals surface area contributed by atoms with Gasteiger partial charge in [-0.2, -0.15) is 4.31 Å². The average Bonchev–Trinajstić information content (AvgIpc) is 2.82. The van der Waals surface area contributed by atoms with Crippen molar-refractivity contribution < 1.29 is 13.2 Å². The highest BCUT2D eigenvalue weighted by atomic mass is 32.2. The SMILES string of the molecule is CCN(CC)S(=O)(=O)c1ccc(=O)n(CC(=O)NC(CN2CCN(C)CC2)c2ccccc2)c1. The summed E-state index contributed by atoms with van der Waals surface area (Å²) >= 11 is 0. The second-order valence-electron chi connectivity index (χ2n) is 8.55. The van der Waals surface area contributed by atoms with Crippen molar-refractivity contribution in [2.75, 3.05) is 52.9 Å². The van der Waals surface area contributed by atoms with Gasteiger partial charge in [0.15, 0.2) is 0 Å². The molecular formula is C24H35N5O4S. The molecule has 1 N–H and O–H groups in total. The molecule has 1 aliphatic rings. The number of aromatic nitrogens is 1. The first-order valence-electron chi connectivity index (χ1n) is 11.7. The van der Waals surface area contributed by atoms with E-state index in [0.29, 0.717) is 19.6 Å². The molecule has 34 heavy (non-hydrogen) atoms. The second kappa shape index (κ2) is 11.7. The van der Waals surface area contributed by atoms with Gasteiger partial charge in [-0.3, -0.25) is 14.5 Å². The number of hydrogen-bond acceptors (Lipinski definition) is 6. The minimum Gasteiger partial charge on any atom is -0.346 e. The van der Waals surface area contributed by atoms with Gasteiger partial charge >= 0.3 is 0 Å². The van der Waals surface area contributed by atoms with Gasteiger partial charge in [0, 0.05) is 58.1 Å². The minimum absolute atomic E-state index is 0.000598. The van der Waals surface area contributed by atoms with Crippen LogP contribution in [0.5, 0.6) is 0 Å². The van der Waals surface area contributed by atoms with Gasteiger partial charge in [-0.25, -0.2) is 8.42 Å². The van der Waals surface area contributed by atoms with E-state index in [2.05, 4.69) is 22.2 Å². The Labute approximate surface area is 202 Å². The maximum atomic E-state index is 13.0. The third-order valence-corrected chi connectivity index (χ3v) is 8.22. The fourth-order valence-electron chi connectivity index (χ4n) is 4.10. The first-order chi connectivity index (χ1) is 16.2. The largest absolute Gasteiger partial charge is 0.346 e. The van der Waals surface area contributed by atoms with Crippen molar-refractivity contribution in [1.29, 1.82) is 0 Å². The van der Waals surface area contributed by atoms with Crippen LogP contribution in [0.15, 0.2) is 58.4 Å². The maximum absolute atomic E-state index is 13.0. The summed E-state index contributed by atoms with van der Waals surface area (Å²) in [6, 6.07) is 12.0. The Morgan fingerprint density at radius 3 is 2.29 bits per heavy atom. The van der Waals surface area contributed by atoms with Crippen LogP contribution >= 0.6 is 0 Å². The van der Waals surface area contributed by atoms with Crippen LogP contribution in [0.3, 0.4) is 0 Å². The number of carbonyl (C=O) groups is 1. The fourth-order valence-corrected chi connectivity index (χ4v) is 5.58. The summed E-state index contributed by atoms with van der Waals surface area (Å²) in [5.41, 5.74) is 0.559. The Morgan fingerprint density at radius 1 is 1.03 bits per heavy atom. The van der Waals surface area contributed by atoms with E-state index >= 15 is 0 Å². The molecule has 10 heteroatoms. The molecule has 186 valence electrons. The number of benzene rings is 1. The number of amides is 1. The number of rotatable bonds is 10. The number of piperazine rings is 1. The lowest BCUT2D eigenvalue weighted by Gasteiger charge is -2.35. The average molecular weight is 490 g/mol. The Bertz CT molecular complexity index is 1110. The molecule has 2 aromatic rings. The monoisotopic (exact) mass is 489 g/mol. The molecule has 0 saturated carbocycles. The number of nitrogens with one attached hydrogen (secondary N) is 1. The number of likely N-dealkylation sites (N-methyl/N-ethyl adjacent to an activating group) is 1. The topological polar surface area (TPSA) is 95.0 Å². The second-order valence-corrected chi connectivity index (χ2v) is 10.5. The predicted octanol–water partition coefficient (Wildman–Crippen LogP) is 0.984. The maximum Gasteiger partial charge on any atom is 0.251 e. The van der Waals surface area contributed by atoms with Crippen LogP contribution in [0.1, 0.15) is 25.5 Å². The smallest absolute Gasteiger partial charge is 0.251 e. The molecule has 1 aromatic carbocycles. The quantitative estimate of drug-likeness (QED) is 0.535. The van der Waals surface area contributed by atoms with Crippen molar-refractivity contribution in [2.45, 2.75) is 31.3 Å². The van der Waals surface area contributed by atoms with E-state index in [-0.39, 0.29) is 23.4 Å². The normalized spacial score (nSPS) is 16.5. The lowest BCUT2D eigenvalue weighted by Crippen LogP contribution is -2.48. The predicted molar refractivity (Wildman–Crippen MR) is 132 cm³/mol. The standard InChI is InChI=1S/C24H35N5O4S/c1-4-29(5-2)34(32,33)21-11-12-24(31)28(17-21)19-23(30)25-22(20-9-7-6-8-10-20)18-27-15-13-26(3)14-16-27/h6-12,17,22H,4-5,13-16,18-19H2,1-3H3,(H,25,30). The number of carbonyl (C=O) groups excluding carboxylic acids is 1. The molecule has 1 atom stereocenters. The van der Waals surface area contributed by atoms with Crippen molar-refractivity contribution in [3.8, 4) is 0 Å². The molecule has 1 amide bonds. The third kappa shape index (κ3) is 6.53. The molecule has 0 spiro atoms. The summed E-state index contributed by atoms with van der Waals surface area (Å²) in [6.45, 7) is 8.34. The van der Waals surface area contributed by atoms with Crippen LogP contribution in [0.4, 0.5) is 0 Å². The van der Waals surface area contributed by atoms with Gasteiger partial charge in [-0.15, -0.1) is 0 Å². The van der Waals surface area contributed by atoms with Gasteiger partial charge < -0.3 is 14.8 Å². The number of sulfonamides is 1. The van der Waals surface area contributed by atoms with Crippen LogP contribution < -0.4 is 10.9 Å². The van der Waals surface area contributed by atoms with Crippen LogP contribution in [-0.4, -0.2) is 85.9 Å². The molecule has 2 heterocycles. The molecule has 1 unspecified atom stereocenters. The van der Waals surface area contributed by atoms with E-state index in [1.807, 2.05) is 30.3 Å². The Morgan fingerprint density at radius 2 is 1.68 bits per heavy atom. The highest BCUT2D eigenvalue weighted by molar-refractivity contribution is 7.89. The number of hydrogen-bond donors (Lipinski definition) is 1. The first-order valence-corrected chi connectivity index (χ1v) is 13.1. The Hall–Kier alpha value is -2.53. The molecule has 1 saturated heterocycles. The van der Waals surface area contributed by atoms with Gasteiger partial charge in [0.1, 0.15) is 6.54 Å². The van der Waals surface area contributed by atoms with Gasteiger partial charge in [-0.05, 0) is 18.7 Å². The molecule has 0 bridgehead atoms. The summed E-state index contributed by atoms with van der Waals surface area (Å²) in [7, 11) is -1.64. The van der Waals surface area contributed by atoms with E-state index < -0.39 is 15.6 Å². The fraction of sp³-hybridized carbons (Fsp3) is 0.500. The molecule has 0 radical (unpaired) electrons. The Kier molecular flexibility index (Phi) is 9.01. The van der Waals surface area contributed by atoms with Crippen molar-refractivity contribution >= 4 is 15.9 Å². The highest BCUT2D eigenvalue weighted by Gasteiger charge is 2.24. The van der Waals surface area contributed by atoms with Gasteiger partial charge in [-0.1, -0.05) is 44.2 Å². The van der Waals surface area contributed by atoms with Crippen molar-refractivity contribution in [3.05, 3.63) is 64.6 Å². The van der Waals surface area contributed by atoms with Gasteiger partial charge in [0.25, 0.3) is 5.56 Å². The van der Waals surface area contributed by atoms with E-state index in [9.17, 15) is 18.0 Å². The van der Waals surface area contributed by atoms with Crippen molar-refractivity contribution in [1.82, 2.24) is 24.0 Å². The zero-order chi connectivity index (χ0) is 24.7. The Balaban J connectivity index is 1.77. The van der Waals surface area contributed by atoms with Crippen molar-refractivity contribution in [2.24, 2.45) is 0 Å². The van der Waals surface area contributed by atoms with E-state index in [1.165, 1.54) is 22.6 Å². The minimum atomic E-state index is -3.73. The number of nitrogens with zero attached hydrogens (tertiary/aromatic N) is 4. The third-order valence-electron chi connectivity index (χ3n) is 6.19. The van der Waals surface area contributed by atoms with Crippen LogP contribution in [0, 0.1) is 0 Å².